The van der Waals surface area contributed by atoms with Crippen molar-refractivity contribution < 1.29 is 24.2 Å². The Kier molecular flexibility index (Phi) is 7.17. The molecule has 0 radical (unpaired) electrons. The number of aliphatic hydroxyl groups is 1. The van der Waals surface area contributed by atoms with Gasteiger partial charge in [-0.2, -0.15) is 0 Å². The minimum Gasteiger partial charge on any atom is -0.450 e. The largest absolute Gasteiger partial charge is 0.450 e. The zero-order chi connectivity index (χ0) is 11.7. The molecule has 0 aromatic heterocycles. The predicted molar refractivity (Wildman–Crippen MR) is 51.3 cm³/mol. The fourth-order valence-corrected chi connectivity index (χ4v) is 0.972. The van der Waals surface area contributed by atoms with Crippen LogP contribution in [0.1, 0.15) is 13.3 Å². The average molecular weight is 217 g/mol. The van der Waals surface area contributed by atoms with Crippen LogP contribution in [0.25, 0.3) is 0 Å². The average Bonchev–Trinajstić information content (AvgIpc) is 2.24. The zero-order valence-corrected chi connectivity index (χ0v) is 8.51. The number of nitrogens with one attached hydrogen (secondary N) is 1. The maximum atomic E-state index is 10.9. The van der Waals surface area contributed by atoms with Gasteiger partial charge in [-0.25, -0.2) is 4.79 Å². The Hall–Kier alpha value is -1.43. The second kappa shape index (κ2) is 7.93. The molecule has 6 heteroatoms. The van der Waals surface area contributed by atoms with E-state index in [4.69, 9.17) is 5.11 Å². The van der Waals surface area contributed by atoms with Gasteiger partial charge in [-0.1, -0.05) is 0 Å². The van der Waals surface area contributed by atoms with Crippen LogP contribution in [-0.4, -0.2) is 43.0 Å². The van der Waals surface area contributed by atoms with E-state index in [1.165, 1.54) is 0 Å². The van der Waals surface area contributed by atoms with Gasteiger partial charge in [-0.15, -0.1) is 0 Å². The fourth-order valence-electron chi connectivity index (χ4n) is 0.972. The van der Waals surface area contributed by atoms with Crippen molar-refractivity contribution in [2.24, 2.45) is 5.92 Å². The Labute approximate surface area is 87.6 Å². The number of hydrogen-bond donors (Lipinski definition) is 2. The smallest absolute Gasteiger partial charge is 0.407 e. The van der Waals surface area contributed by atoms with Gasteiger partial charge in [0.05, 0.1) is 19.3 Å². The first-order chi connectivity index (χ1) is 7.17. The van der Waals surface area contributed by atoms with Crippen molar-refractivity contribution >= 4 is 18.7 Å². The number of alkyl carbamates (subject to hydrolysis) is 1. The monoisotopic (exact) mass is 217 g/mol. The molecule has 0 bridgehead atoms. The standard InChI is InChI=1S/C9H15NO5/c1-2-15-9(14)10-8(6-13)3-7(4-11)5-12/h4,6-8,12H,2-3,5H2,1H3,(H,10,14). The summed E-state index contributed by atoms with van der Waals surface area (Å²) in [6, 6.07) is -0.814. The number of hydrogen-bond acceptors (Lipinski definition) is 5. The molecule has 0 aliphatic rings. The maximum Gasteiger partial charge on any atom is 0.407 e. The Morgan fingerprint density at radius 1 is 1.47 bits per heavy atom. The SMILES string of the molecule is CCOC(=O)NC(C=O)CC(C=O)CO. The van der Waals surface area contributed by atoms with Crippen LogP contribution in [0.4, 0.5) is 4.79 Å². The molecule has 0 aromatic rings. The van der Waals surface area contributed by atoms with Crippen molar-refractivity contribution in [1.82, 2.24) is 5.32 Å². The highest BCUT2D eigenvalue weighted by atomic mass is 16.5. The molecule has 1 amide bonds. The van der Waals surface area contributed by atoms with E-state index >= 15 is 0 Å². The lowest BCUT2D eigenvalue weighted by molar-refractivity contribution is -0.113. The summed E-state index contributed by atoms with van der Waals surface area (Å²) in [5, 5.41) is 11.0. The minimum atomic E-state index is -0.814. The van der Waals surface area contributed by atoms with Crippen LogP contribution in [0, 0.1) is 5.92 Å². The Morgan fingerprint density at radius 2 is 2.13 bits per heavy atom. The number of carbonyl (C=O) groups excluding carboxylic acids is 3. The van der Waals surface area contributed by atoms with Crippen LogP contribution in [0.5, 0.6) is 0 Å². The molecular weight excluding hydrogens is 202 g/mol. The lowest BCUT2D eigenvalue weighted by atomic mass is 10.0. The highest BCUT2D eigenvalue weighted by molar-refractivity contribution is 5.73. The summed E-state index contributed by atoms with van der Waals surface area (Å²) in [5.74, 6) is -0.651. The van der Waals surface area contributed by atoms with Gasteiger partial charge >= 0.3 is 6.09 Å². The number of carbonyl (C=O) groups is 3. The van der Waals surface area contributed by atoms with Gasteiger partial charge in [0.2, 0.25) is 0 Å². The molecule has 2 N–H and O–H groups in total. The van der Waals surface area contributed by atoms with Crippen LogP contribution in [0.2, 0.25) is 0 Å². The molecule has 0 saturated carbocycles. The van der Waals surface area contributed by atoms with Crippen molar-refractivity contribution in [1.29, 1.82) is 0 Å². The lowest BCUT2D eigenvalue weighted by Crippen LogP contribution is -2.38. The van der Waals surface area contributed by atoms with Crippen molar-refractivity contribution in [2.45, 2.75) is 19.4 Å². The van der Waals surface area contributed by atoms with Crippen LogP contribution in [0.3, 0.4) is 0 Å². The summed E-state index contributed by atoms with van der Waals surface area (Å²) in [6.45, 7) is 1.49. The number of rotatable bonds is 7. The molecule has 0 saturated heterocycles. The third-order valence-electron chi connectivity index (χ3n) is 1.73. The van der Waals surface area contributed by atoms with Crippen LogP contribution >= 0.6 is 0 Å². The van der Waals surface area contributed by atoms with Gasteiger partial charge < -0.3 is 24.7 Å². The molecule has 0 heterocycles. The van der Waals surface area contributed by atoms with E-state index in [0.717, 1.165) is 0 Å². The second-order valence-corrected chi connectivity index (χ2v) is 2.92. The Bertz CT molecular complexity index is 219. The first-order valence-corrected chi connectivity index (χ1v) is 4.62. The molecule has 0 fully saturated rings. The van der Waals surface area contributed by atoms with Crippen molar-refractivity contribution in [3.8, 4) is 0 Å². The summed E-state index contributed by atoms with van der Waals surface area (Å²) in [5.41, 5.74) is 0. The molecule has 86 valence electrons. The molecule has 0 aromatic carbocycles. The summed E-state index contributed by atoms with van der Waals surface area (Å²) < 4.78 is 4.56. The molecule has 2 atom stereocenters. The summed E-state index contributed by atoms with van der Waals surface area (Å²) >= 11 is 0. The summed E-state index contributed by atoms with van der Waals surface area (Å²) in [7, 11) is 0. The number of aliphatic hydroxyl groups excluding tert-OH is 1. The van der Waals surface area contributed by atoms with E-state index in [9.17, 15) is 14.4 Å². The molecular formula is C9H15NO5. The summed E-state index contributed by atoms with van der Waals surface area (Å²) in [4.78, 5) is 31.9. The van der Waals surface area contributed by atoms with Gasteiger partial charge in [0.15, 0.2) is 0 Å². The molecule has 15 heavy (non-hydrogen) atoms. The lowest BCUT2D eigenvalue weighted by Gasteiger charge is -2.14. The van der Waals surface area contributed by atoms with Gasteiger partial charge in [0.1, 0.15) is 12.6 Å². The van der Waals surface area contributed by atoms with Gasteiger partial charge in [-0.05, 0) is 13.3 Å². The second-order valence-electron chi connectivity index (χ2n) is 2.92. The predicted octanol–water partition coefficient (Wildman–Crippen LogP) is -0.503. The molecule has 0 aliphatic carbocycles. The van der Waals surface area contributed by atoms with Crippen molar-refractivity contribution in [3.63, 3.8) is 0 Å². The minimum absolute atomic E-state index is 0.0717. The van der Waals surface area contributed by atoms with Gasteiger partial charge in [-0.3, -0.25) is 0 Å². The van der Waals surface area contributed by atoms with E-state index in [0.29, 0.717) is 12.6 Å². The van der Waals surface area contributed by atoms with E-state index in [2.05, 4.69) is 10.1 Å². The highest BCUT2D eigenvalue weighted by Gasteiger charge is 2.17. The first-order valence-electron chi connectivity index (χ1n) is 4.62. The maximum absolute atomic E-state index is 10.9. The fraction of sp³-hybridized carbons (Fsp3) is 0.667. The van der Waals surface area contributed by atoms with Crippen LogP contribution < -0.4 is 5.32 Å². The van der Waals surface area contributed by atoms with E-state index in [1.54, 1.807) is 6.92 Å². The highest BCUT2D eigenvalue weighted by Crippen LogP contribution is 2.02. The van der Waals surface area contributed by atoms with E-state index in [-0.39, 0.29) is 19.6 Å². The van der Waals surface area contributed by atoms with Gasteiger partial charge in [0.25, 0.3) is 0 Å². The van der Waals surface area contributed by atoms with Crippen molar-refractivity contribution in [3.05, 3.63) is 0 Å². The first kappa shape index (κ1) is 13.6. The van der Waals surface area contributed by atoms with E-state index < -0.39 is 18.1 Å². The van der Waals surface area contributed by atoms with E-state index in [1.807, 2.05) is 0 Å². The Balaban J connectivity index is 4.06. The Morgan fingerprint density at radius 3 is 2.53 bits per heavy atom. The van der Waals surface area contributed by atoms with Crippen LogP contribution in [0.15, 0.2) is 0 Å². The topological polar surface area (TPSA) is 92.7 Å². The molecule has 0 rings (SSSR count). The molecule has 0 aliphatic heterocycles. The quantitative estimate of drug-likeness (QED) is 0.561. The number of ether oxygens (including phenoxy) is 1. The molecule has 6 nitrogen and oxygen atoms in total. The number of aldehydes is 2. The van der Waals surface area contributed by atoms with Crippen LogP contribution in [-0.2, 0) is 14.3 Å². The normalized spacial score (nSPS) is 13.7. The van der Waals surface area contributed by atoms with Crippen molar-refractivity contribution in [2.75, 3.05) is 13.2 Å². The third kappa shape index (κ3) is 5.79. The number of amides is 1. The zero-order valence-electron chi connectivity index (χ0n) is 8.51. The third-order valence-corrected chi connectivity index (χ3v) is 1.73. The molecule has 0 spiro atoms. The summed E-state index contributed by atoms with van der Waals surface area (Å²) in [6.07, 6.45) is 0.409. The molecule has 2 unspecified atom stereocenters. The van der Waals surface area contributed by atoms with Gasteiger partial charge in [0, 0.05) is 5.92 Å².